The Balaban J connectivity index is 3.05. The molecule has 0 aromatic heterocycles. The third kappa shape index (κ3) is 6.02. The Bertz CT molecular complexity index is 96.6. The molecule has 0 unspecified atom stereocenters. The van der Waals surface area contributed by atoms with Crippen LogP contribution in [0.4, 0.5) is 0 Å². The quantitative estimate of drug-likeness (QED) is 0.334. The molecule has 0 amide bonds. The lowest BCUT2D eigenvalue weighted by Gasteiger charge is -1.94. The monoisotopic (exact) mass is 145 g/mol. The van der Waals surface area contributed by atoms with E-state index in [0.29, 0.717) is 0 Å². The zero-order valence-electron chi connectivity index (χ0n) is 5.35. The third-order valence-electron chi connectivity index (χ3n) is 0.883. The molecule has 3 heteroatoms. The Kier molecular flexibility index (Phi) is 5.17. The smallest absolute Gasteiger partial charge is 0.0584 e. The normalized spacial score (nSPS) is 8.88. The second kappa shape index (κ2) is 5.16. The van der Waals surface area contributed by atoms with Crippen molar-refractivity contribution in [2.24, 2.45) is 4.99 Å². The molecule has 0 spiro atoms. The Morgan fingerprint density at radius 2 is 2.25 bits per heavy atom. The summed E-state index contributed by atoms with van der Waals surface area (Å²) in [6.07, 6.45) is 0. The van der Waals surface area contributed by atoms with Gasteiger partial charge in [0.05, 0.1) is 5.16 Å². The summed E-state index contributed by atoms with van der Waals surface area (Å²) in [5.74, 6) is 0. The van der Waals surface area contributed by atoms with Crippen LogP contribution in [0.25, 0.3) is 0 Å². The molecule has 0 radical (unpaired) electrons. The molecule has 0 fully saturated rings. The zero-order chi connectivity index (χ0) is 6.41. The molecule has 0 atom stereocenters. The molecule has 0 aliphatic rings. The van der Waals surface area contributed by atoms with E-state index in [-0.39, 0.29) is 8.80 Å². The molecule has 0 heterocycles. The molecule has 0 aromatic rings. The second-order valence-corrected chi connectivity index (χ2v) is 5.70. The van der Waals surface area contributed by atoms with Crippen molar-refractivity contribution < 1.29 is 0 Å². The van der Waals surface area contributed by atoms with Crippen molar-refractivity contribution in [2.45, 2.75) is 19.1 Å². The van der Waals surface area contributed by atoms with Gasteiger partial charge in [0.25, 0.3) is 0 Å². The maximum absolute atomic E-state index is 4.40. The van der Waals surface area contributed by atoms with Crippen LogP contribution in [0.2, 0.25) is 19.1 Å². The standard InChI is InChI=1S/C5H11NSSi/c1-8(2)4-3-6-5-7/h8H,3-4H2,1-2H3. The topological polar surface area (TPSA) is 12.4 Å². The van der Waals surface area contributed by atoms with Crippen molar-refractivity contribution in [3.63, 3.8) is 0 Å². The Labute approximate surface area is 57.4 Å². The second-order valence-electron chi connectivity index (χ2n) is 2.16. The van der Waals surface area contributed by atoms with Crippen LogP contribution in [0.5, 0.6) is 0 Å². The third-order valence-corrected chi connectivity index (χ3v) is 2.42. The van der Waals surface area contributed by atoms with Crippen molar-refractivity contribution in [1.29, 1.82) is 0 Å². The van der Waals surface area contributed by atoms with Crippen LogP contribution in [0, 0.1) is 0 Å². The molecule has 0 bridgehead atoms. The number of isothiocyanates is 1. The van der Waals surface area contributed by atoms with Gasteiger partial charge in [-0.3, -0.25) is 0 Å². The fourth-order valence-corrected chi connectivity index (χ4v) is 1.11. The minimum absolute atomic E-state index is 0.382. The van der Waals surface area contributed by atoms with Gasteiger partial charge < -0.3 is 0 Å². The van der Waals surface area contributed by atoms with Crippen molar-refractivity contribution in [2.75, 3.05) is 6.54 Å². The van der Waals surface area contributed by atoms with Gasteiger partial charge in [-0.25, -0.2) is 4.99 Å². The first kappa shape index (κ1) is 8.02. The summed E-state index contributed by atoms with van der Waals surface area (Å²) in [5.41, 5.74) is 0. The number of hydrogen-bond acceptors (Lipinski definition) is 2. The van der Waals surface area contributed by atoms with Gasteiger partial charge in [-0.05, 0) is 18.3 Å². The molecule has 0 aliphatic carbocycles. The molecule has 0 saturated carbocycles. The summed E-state index contributed by atoms with van der Waals surface area (Å²) in [5, 5.41) is 2.35. The van der Waals surface area contributed by atoms with Crippen molar-refractivity contribution in [3.05, 3.63) is 0 Å². The van der Waals surface area contributed by atoms with E-state index in [1.807, 2.05) is 0 Å². The predicted molar refractivity (Wildman–Crippen MR) is 43.6 cm³/mol. The van der Waals surface area contributed by atoms with E-state index < -0.39 is 0 Å². The van der Waals surface area contributed by atoms with Gasteiger partial charge in [0.1, 0.15) is 0 Å². The average Bonchev–Trinajstić information content (AvgIpc) is 1.66. The highest BCUT2D eigenvalue weighted by molar-refractivity contribution is 7.78. The summed E-state index contributed by atoms with van der Waals surface area (Å²) in [7, 11) is -0.382. The van der Waals surface area contributed by atoms with E-state index in [1.165, 1.54) is 6.04 Å². The summed E-state index contributed by atoms with van der Waals surface area (Å²) >= 11 is 4.40. The lowest BCUT2D eigenvalue weighted by molar-refractivity contribution is 1.12. The van der Waals surface area contributed by atoms with Crippen LogP contribution in [0.3, 0.4) is 0 Å². The number of aliphatic imine (C=N–C) groups is 1. The summed E-state index contributed by atoms with van der Waals surface area (Å²) in [6.45, 7) is 5.51. The number of rotatable bonds is 3. The number of thiocarbonyl (C=S) groups is 1. The molecule has 46 valence electrons. The molecule has 0 N–H and O–H groups in total. The maximum atomic E-state index is 4.40. The van der Waals surface area contributed by atoms with Crippen LogP contribution >= 0.6 is 12.2 Å². The van der Waals surface area contributed by atoms with E-state index >= 15 is 0 Å². The molecular formula is C5H11NSSi. The van der Waals surface area contributed by atoms with E-state index in [9.17, 15) is 0 Å². The van der Waals surface area contributed by atoms with Crippen molar-refractivity contribution >= 4 is 26.2 Å². The fourth-order valence-electron chi connectivity index (χ4n) is 0.368. The highest BCUT2D eigenvalue weighted by atomic mass is 32.1. The largest absolute Gasteiger partial charge is 0.233 e. The van der Waals surface area contributed by atoms with Gasteiger partial charge in [0.2, 0.25) is 0 Å². The molecule has 0 aliphatic heterocycles. The van der Waals surface area contributed by atoms with Crippen LogP contribution in [-0.2, 0) is 0 Å². The van der Waals surface area contributed by atoms with Crippen molar-refractivity contribution in [1.82, 2.24) is 0 Å². The minimum Gasteiger partial charge on any atom is -0.233 e. The van der Waals surface area contributed by atoms with Crippen LogP contribution in [0.1, 0.15) is 0 Å². The van der Waals surface area contributed by atoms with E-state index in [1.54, 1.807) is 0 Å². The number of hydrogen-bond donors (Lipinski definition) is 0. The van der Waals surface area contributed by atoms with Gasteiger partial charge in [0.15, 0.2) is 0 Å². The lowest BCUT2D eigenvalue weighted by Crippen LogP contribution is -1.99. The summed E-state index contributed by atoms with van der Waals surface area (Å²) in [6, 6.07) is 1.25. The maximum Gasteiger partial charge on any atom is 0.0584 e. The summed E-state index contributed by atoms with van der Waals surface area (Å²) in [4.78, 5) is 3.81. The van der Waals surface area contributed by atoms with E-state index in [2.05, 4.69) is 35.5 Å². The molecule has 0 rings (SSSR count). The van der Waals surface area contributed by atoms with Crippen LogP contribution in [0.15, 0.2) is 4.99 Å². The highest BCUT2D eigenvalue weighted by Crippen LogP contribution is 1.89. The van der Waals surface area contributed by atoms with E-state index in [4.69, 9.17) is 0 Å². The number of nitrogens with zero attached hydrogens (tertiary/aromatic N) is 1. The Morgan fingerprint density at radius 3 is 2.62 bits per heavy atom. The predicted octanol–water partition coefficient (Wildman–Crippen LogP) is 1.58. The molecule has 8 heavy (non-hydrogen) atoms. The van der Waals surface area contributed by atoms with Gasteiger partial charge in [-0.1, -0.05) is 13.1 Å². The zero-order valence-corrected chi connectivity index (χ0v) is 7.32. The van der Waals surface area contributed by atoms with Crippen LogP contribution < -0.4 is 0 Å². The Morgan fingerprint density at radius 1 is 1.62 bits per heavy atom. The molecule has 0 aromatic carbocycles. The van der Waals surface area contributed by atoms with Gasteiger partial charge >= 0.3 is 0 Å². The van der Waals surface area contributed by atoms with Gasteiger partial charge in [-0.2, -0.15) is 0 Å². The first-order valence-electron chi connectivity index (χ1n) is 2.81. The fraction of sp³-hybridized carbons (Fsp3) is 0.800. The van der Waals surface area contributed by atoms with Gasteiger partial charge in [0, 0.05) is 15.3 Å². The highest BCUT2D eigenvalue weighted by Gasteiger charge is 1.90. The Hall–Kier alpha value is 0.0169. The van der Waals surface area contributed by atoms with Gasteiger partial charge in [-0.15, -0.1) is 0 Å². The first-order chi connectivity index (χ1) is 3.77. The summed E-state index contributed by atoms with van der Waals surface area (Å²) < 4.78 is 0. The molecule has 0 saturated heterocycles. The molecule has 1 nitrogen and oxygen atoms in total. The van der Waals surface area contributed by atoms with E-state index in [0.717, 1.165) is 6.54 Å². The average molecular weight is 145 g/mol. The lowest BCUT2D eigenvalue weighted by atomic mass is 10.8. The first-order valence-corrected chi connectivity index (χ1v) is 6.34. The SMILES string of the molecule is C[SiH](C)CCN=C=S. The minimum atomic E-state index is -0.382. The van der Waals surface area contributed by atoms with Crippen LogP contribution in [-0.4, -0.2) is 20.5 Å². The molecular weight excluding hydrogens is 134 g/mol. The van der Waals surface area contributed by atoms with Crippen molar-refractivity contribution in [3.8, 4) is 0 Å².